The molecular weight excluding hydrogens is 315 g/mol. The predicted molar refractivity (Wildman–Crippen MR) is 74.7 cm³/mol. The number of hydrogen-bond donors (Lipinski definition) is 2. The lowest BCUT2D eigenvalue weighted by Gasteiger charge is -2.07. The Morgan fingerprint density at radius 3 is 2.52 bits per heavy atom. The third kappa shape index (κ3) is 4.20. The number of urea groups is 1. The van der Waals surface area contributed by atoms with E-state index in [1.54, 1.807) is 14.0 Å². The van der Waals surface area contributed by atoms with Gasteiger partial charge in [0, 0.05) is 19.3 Å². The Labute approximate surface area is 129 Å². The highest BCUT2D eigenvalue weighted by atomic mass is 19.4. The predicted octanol–water partition coefficient (Wildman–Crippen LogP) is 1.47. The molecule has 0 saturated heterocycles. The smallest absolute Gasteiger partial charge is 0.336 e. The second-order valence-corrected chi connectivity index (χ2v) is 4.88. The fourth-order valence-corrected chi connectivity index (χ4v) is 1.81. The lowest BCUT2D eigenvalue weighted by atomic mass is 10.4. The maximum atomic E-state index is 12.5. The molecule has 0 aromatic carbocycles. The van der Waals surface area contributed by atoms with Gasteiger partial charge in [-0.15, -0.1) is 5.10 Å². The molecule has 0 fully saturated rings. The third-order valence-corrected chi connectivity index (χ3v) is 3.09. The van der Waals surface area contributed by atoms with Crippen LogP contribution >= 0.6 is 0 Å². The van der Waals surface area contributed by atoms with Gasteiger partial charge in [0.05, 0.1) is 6.54 Å². The van der Waals surface area contributed by atoms with Gasteiger partial charge in [0.1, 0.15) is 5.82 Å². The lowest BCUT2D eigenvalue weighted by molar-refractivity contribution is -0.141. The number of carbonyl (C=O) groups is 1. The number of aromatic nitrogens is 5. The summed E-state index contributed by atoms with van der Waals surface area (Å²) in [4.78, 5) is 15.6. The van der Waals surface area contributed by atoms with Crippen LogP contribution in [0.4, 0.5) is 23.9 Å². The summed E-state index contributed by atoms with van der Waals surface area (Å²) in [6.45, 7) is 3.47. The van der Waals surface area contributed by atoms with Gasteiger partial charge in [-0.1, -0.05) is 0 Å². The van der Waals surface area contributed by atoms with E-state index in [1.807, 2.05) is 0 Å². The molecule has 0 saturated carbocycles. The van der Waals surface area contributed by atoms with E-state index in [0.29, 0.717) is 11.5 Å². The quantitative estimate of drug-likeness (QED) is 0.888. The van der Waals surface area contributed by atoms with Crippen molar-refractivity contribution in [3.8, 4) is 0 Å². The molecule has 8 nitrogen and oxygen atoms in total. The van der Waals surface area contributed by atoms with E-state index < -0.39 is 17.9 Å². The summed E-state index contributed by atoms with van der Waals surface area (Å²) >= 11 is 0. The summed E-state index contributed by atoms with van der Waals surface area (Å²) < 4.78 is 40.3. The molecule has 0 atom stereocenters. The SMILES string of the molecule is Cc1nc(NC(=O)NCCn2nc(C(F)(F)F)cc2C)nn1C. The van der Waals surface area contributed by atoms with Crippen LogP contribution in [0.1, 0.15) is 17.2 Å². The Bertz CT molecular complexity index is 685. The Morgan fingerprint density at radius 2 is 2.00 bits per heavy atom. The Morgan fingerprint density at radius 1 is 1.30 bits per heavy atom. The van der Waals surface area contributed by atoms with Crippen molar-refractivity contribution in [1.29, 1.82) is 0 Å². The van der Waals surface area contributed by atoms with Crippen molar-refractivity contribution in [2.45, 2.75) is 26.6 Å². The molecule has 23 heavy (non-hydrogen) atoms. The highest BCUT2D eigenvalue weighted by molar-refractivity contribution is 5.87. The van der Waals surface area contributed by atoms with E-state index in [9.17, 15) is 18.0 Å². The molecule has 2 aromatic heterocycles. The maximum absolute atomic E-state index is 12.5. The van der Waals surface area contributed by atoms with Gasteiger partial charge in [0.15, 0.2) is 5.69 Å². The summed E-state index contributed by atoms with van der Waals surface area (Å²) in [6, 6.07) is 0.414. The molecular formula is C12H16F3N7O. The van der Waals surface area contributed by atoms with Crippen molar-refractivity contribution in [1.82, 2.24) is 29.9 Å². The fourth-order valence-electron chi connectivity index (χ4n) is 1.81. The van der Waals surface area contributed by atoms with E-state index in [4.69, 9.17) is 0 Å². The van der Waals surface area contributed by atoms with E-state index >= 15 is 0 Å². The summed E-state index contributed by atoms with van der Waals surface area (Å²) in [7, 11) is 1.68. The molecule has 0 unspecified atom stereocenters. The average molecular weight is 331 g/mol. The van der Waals surface area contributed by atoms with Gasteiger partial charge < -0.3 is 5.32 Å². The van der Waals surface area contributed by atoms with Crippen molar-refractivity contribution in [3.63, 3.8) is 0 Å². The number of nitrogens with one attached hydrogen (secondary N) is 2. The van der Waals surface area contributed by atoms with Crippen molar-refractivity contribution in [2.75, 3.05) is 11.9 Å². The molecule has 0 radical (unpaired) electrons. The molecule has 0 aliphatic rings. The molecule has 2 N–H and O–H groups in total. The van der Waals surface area contributed by atoms with Crippen LogP contribution in [-0.4, -0.2) is 37.1 Å². The topological polar surface area (TPSA) is 89.7 Å². The third-order valence-electron chi connectivity index (χ3n) is 3.09. The number of halogens is 3. The zero-order valence-electron chi connectivity index (χ0n) is 12.8. The first-order chi connectivity index (χ1) is 10.7. The number of alkyl halides is 3. The highest BCUT2D eigenvalue weighted by Crippen LogP contribution is 2.28. The number of hydrogen-bond acceptors (Lipinski definition) is 4. The summed E-state index contributed by atoms with van der Waals surface area (Å²) in [5.74, 6) is 0.782. The lowest BCUT2D eigenvalue weighted by Crippen LogP contribution is -2.32. The van der Waals surface area contributed by atoms with Crippen LogP contribution in [0.5, 0.6) is 0 Å². The van der Waals surface area contributed by atoms with Crippen LogP contribution in [0, 0.1) is 13.8 Å². The van der Waals surface area contributed by atoms with Crippen molar-refractivity contribution < 1.29 is 18.0 Å². The normalized spacial score (nSPS) is 11.6. The first-order valence-electron chi connectivity index (χ1n) is 6.71. The maximum Gasteiger partial charge on any atom is 0.435 e. The number of carbonyl (C=O) groups excluding carboxylic acids is 1. The molecule has 126 valence electrons. The van der Waals surface area contributed by atoms with Crippen LogP contribution in [0.25, 0.3) is 0 Å². The number of amides is 2. The Kier molecular flexibility index (Phi) is 4.57. The number of aryl methyl sites for hydroxylation is 3. The van der Waals surface area contributed by atoms with Gasteiger partial charge in [-0.05, 0) is 19.9 Å². The zero-order chi connectivity index (χ0) is 17.2. The minimum Gasteiger partial charge on any atom is -0.336 e. The van der Waals surface area contributed by atoms with Crippen LogP contribution in [0.3, 0.4) is 0 Å². The van der Waals surface area contributed by atoms with Crippen LogP contribution in [0.2, 0.25) is 0 Å². The highest BCUT2D eigenvalue weighted by Gasteiger charge is 2.34. The minimum absolute atomic E-state index is 0.109. The summed E-state index contributed by atoms with van der Waals surface area (Å²) in [6.07, 6.45) is -4.48. The van der Waals surface area contributed by atoms with Gasteiger partial charge in [0.2, 0.25) is 5.95 Å². The minimum atomic E-state index is -4.48. The first kappa shape index (κ1) is 16.8. The Hall–Kier alpha value is -2.59. The largest absolute Gasteiger partial charge is 0.435 e. The first-order valence-corrected chi connectivity index (χ1v) is 6.71. The van der Waals surface area contributed by atoms with E-state index in [0.717, 1.165) is 6.07 Å². The van der Waals surface area contributed by atoms with Gasteiger partial charge in [0.25, 0.3) is 0 Å². The van der Waals surface area contributed by atoms with Crippen molar-refractivity contribution in [3.05, 3.63) is 23.3 Å². The molecule has 0 aliphatic heterocycles. The molecule has 0 bridgehead atoms. The van der Waals surface area contributed by atoms with E-state index in [-0.39, 0.29) is 19.0 Å². The number of rotatable bonds is 4. The standard InChI is InChI=1S/C12H16F3N7O/c1-7-6-9(12(13,14)15)19-22(7)5-4-16-11(23)18-10-17-8(2)21(3)20-10/h6H,4-5H2,1-3H3,(H2,16,18,20,23). The van der Waals surface area contributed by atoms with E-state index in [1.165, 1.54) is 16.3 Å². The molecule has 11 heteroatoms. The van der Waals surface area contributed by atoms with Gasteiger partial charge in [-0.2, -0.15) is 23.3 Å². The second-order valence-electron chi connectivity index (χ2n) is 4.88. The van der Waals surface area contributed by atoms with Gasteiger partial charge in [-0.3, -0.25) is 14.7 Å². The summed E-state index contributed by atoms with van der Waals surface area (Å²) in [5.41, 5.74) is -0.589. The monoisotopic (exact) mass is 331 g/mol. The van der Waals surface area contributed by atoms with E-state index in [2.05, 4.69) is 25.8 Å². The van der Waals surface area contributed by atoms with Crippen molar-refractivity contribution in [2.24, 2.45) is 7.05 Å². The molecule has 2 aromatic rings. The van der Waals surface area contributed by atoms with Crippen LogP contribution in [-0.2, 0) is 19.8 Å². The summed E-state index contributed by atoms with van der Waals surface area (Å²) in [5, 5.41) is 12.4. The molecule has 2 amide bonds. The zero-order valence-corrected chi connectivity index (χ0v) is 12.8. The van der Waals surface area contributed by atoms with Crippen molar-refractivity contribution >= 4 is 12.0 Å². The van der Waals surface area contributed by atoms with Crippen LogP contribution in [0.15, 0.2) is 6.07 Å². The fraction of sp³-hybridized carbons (Fsp3) is 0.500. The van der Waals surface area contributed by atoms with Gasteiger partial charge >= 0.3 is 12.2 Å². The number of nitrogens with zero attached hydrogens (tertiary/aromatic N) is 5. The second kappa shape index (κ2) is 6.26. The number of anilines is 1. The molecule has 2 rings (SSSR count). The molecule has 0 spiro atoms. The van der Waals surface area contributed by atoms with Crippen LogP contribution < -0.4 is 10.6 Å². The average Bonchev–Trinajstić information content (AvgIpc) is 2.93. The molecule has 0 aliphatic carbocycles. The van der Waals surface area contributed by atoms with Gasteiger partial charge in [-0.25, -0.2) is 4.79 Å². The Balaban J connectivity index is 1.85. The molecule has 2 heterocycles.